The molecule has 3 rings (SSSR count). The van der Waals surface area contributed by atoms with Crippen molar-refractivity contribution in [1.29, 1.82) is 0 Å². The average molecular weight is 519 g/mol. The van der Waals surface area contributed by atoms with Crippen LogP contribution in [0.25, 0.3) is 6.08 Å². The summed E-state index contributed by atoms with van der Waals surface area (Å²) in [5, 5.41) is 14.3. The molecular weight excluding hydrogens is 476 g/mol. The van der Waals surface area contributed by atoms with Gasteiger partial charge in [0.05, 0.1) is 17.4 Å². The third-order valence-corrected chi connectivity index (χ3v) is 8.36. The average Bonchev–Trinajstić information content (AvgIpc) is 2.78. The van der Waals surface area contributed by atoms with Crippen molar-refractivity contribution in [2.75, 3.05) is 19.3 Å². The number of carbonyl (C=O) groups is 1. The molecule has 0 aromatic heterocycles. The standard InChI is InChI=1S/C28H42N2O5S/c1-6-7-8-11-21-19-24-23(12-16-28(4,35-24)15-9-10-20(2)3)26(31)25(21)27(32)29-22-13-17-30(18-14-22)36(5,33)34/h10,12,16,19,22,31H,6-9,11,13-15,17-18H2,1-5H3,(H,29,32). The van der Waals surface area contributed by atoms with Crippen LogP contribution in [0.2, 0.25) is 0 Å². The van der Waals surface area contributed by atoms with Crippen LogP contribution in [0.1, 0.15) is 94.1 Å². The Labute approximate surface area is 216 Å². The van der Waals surface area contributed by atoms with Crippen molar-refractivity contribution >= 4 is 22.0 Å². The largest absolute Gasteiger partial charge is 0.506 e. The zero-order chi connectivity index (χ0) is 26.5. The van der Waals surface area contributed by atoms with E-state index in [9.17, 15) is 18.3 Å². The molecule has 1 unspecified atom stereocenters. The predicted octanol–water partition coefficient (Wildman–Crippen LogP) is 5.19. The quantitative estimate of drug-likeness (QED) is 0.328. The highest BCUT2D eigenvalue weighted by atomic mass is 32.2. The Bertz CT molecular complexity index is 1110. The summed E-state index contributed by atoms with van der Waals surface area (Å²) in [7, 11) is -3.23. The zero-order valence-electron chi connectivity index (χ0n) is 22.4. The van der Waals surface area contributed by atoms with Crippen molar-refractivity contribution in [1.82, 2.24) is 9.62 Å². The van der Waals surface area contributed by atoms with E-state index in [4.69, 9.17) is 4.74 Å². The fourth-order valence-electron chi connectivity index (χ4n) is 4.89. The van der Waals surface area contributed by atoms with E-state index in [1.165, 1.54) is 16.1 Å². The van der Waals surface area contributed by atoms with Crippen LogP contribution >= 0.6 is 0 Å². The molecule has 0 saturated carbocycles. The number of phenols is 1. The Balaban J connectivity index is 1.83. The minimum Gasteiger partial charge on any atom is -0.506 e. The van der Waals surface area contributed by atoms with Gasteiger partial charge in [-0.25, -0.2) is 12.7 Å². The number of carbonyl (C=O) groups excluding carboxylic acids is 1. The van der Waals surface area contributed by atoms with Crippen molar-refractivity contribution in [3.63, 3.8) is 0 Å². The number of amides is 1. The summed E-state index contributed by atoms with van der Waals surface area (Å²) in [6, 6.07) is 1.79. The predicted molar refractivity (Wildman–Crippen MR) is 145 cm³/mol. The molecule has 7 nitrogen and oxygen atoms in total. The number of aromatic hydroxyl groups is 1. The second-order valence-electron chi connectivity index (χ2n) is 10.6. The van der Waals surface area contributed by atoms with E-state index >= 15 is 0 Å². The lowest BCUT2D eigenvalue weighted by Gasteiger charge is -2.33. The zero-order valence-corrected chi connectivity index (χ0v) is 23.2. The van der Waals surface area contributed by atoms with Gasteiger partial charge in [-0.3, -0.25) is 4.79 Å². The molecule has 2 N–H and O–H groups in total. The number of fused-ring (bicyclic) bond motifs is 1. The molecule has 0 spiro atoms. The summed E-state index contributed by atoms with van der Waals surface area (Å²) in [6.45, 7) is 9.10. The summed E-state index contributed by atoms with van der Waals surface area (Å²) in [5.74, 6) is 0.247. The Morgan fingerprint density at radius 2 is 1.97 bits per heavy atom. The fraction of sp³-hybridized carbons (Fsp3) is 0.607. The van der Waals surface area contributed by atoms with Gasteiger partial charge in [0.25, 0.3) is 5.91 Å². The first kappa shape index (κ1) is 28.3. The molecule has 8 heteroatoms. The number of hydrogen-bond donors (Lipinski definition) is 2. The van der Waals surface area contributed by atoms with Crippen molar-refractivity contribution in [2.24, 2.45) is 0 Å². The highest BCUT2D eigenvalue weighted by Crippen LogP contribution is 2.42. The molecule has 2 aliphatic rings. The first-order valence-corrected chi connectivity index (χ1v) is 14.9. The topological polar surface area (TPSA) is 95.9 Å². The maximum Gasteiger partial charge on any atom is 0.255 e. The van der Waals surface area contributed by atoms with Crippen LogP contribution in [-0.4, -0.2) is 54.7 Å². The molecule has 1 atom stereocenters. The fourth-order valence-corrected chi connectivity index (χ4v) is 5.76. The minimum atomic E-state index is -3.23. The highest BCUT2D eigenvalue weighted by molar-refractivity contribution is 7.88. The Morgan fingerprint density at radius 1 is 1.28 bits per heavy atom. The van der Waals surface area contributed by atoms with Gasteiger partial charge in [0.1, 0.15) is 17.1 Å². The van der Waals surface area contributed by atoms with E-state index in [2.05, 4.69) is 32.2 Å². The number of piperidine rings is 1. The summed E-state index contributed by atoms with van der Waals surface area (Å²) >= 11 is 0. The van der Waals surface area contributed by atoms with Gasteiger partial charge in [-0.1, -0.05) is 31.4 Å². The smallest absolute Gasteiger partial charge is 0.255 e. The van der Waals surface area contributed by atoms with Gasteiger partial charge in [-0.2, -0.15) is 0 Å². The molecule has 1 aromatic carbocycles. The molecule has 0 radical (unpaired) electrons. The van der Waals surface area contributed by atoms with Gasteiger partial charge in [0, 0.05) is 19.1 Å². The van der Waals surface area contributed by atoms with E-state index in [1.54, 1.807) is 0 Å². The van der Waals surface area contributed by atoms with Crippen LogP contribution < -0.4 is 10.1 Å². The summed E-state index contributed by atoms with van der Waals surface area (Å²) in [6.07, 6.45) is 13.7. The third kappa shape index (κ3) is 7.13. The van der Waals surface area contributed by atoms with Gasteiger partial charge in [-0.05, 0) is 83.1 Å². The molecule has 2 aliphatic heterocycles. The highest BCUT2D eigenvalue weighted by Gasteiger charge is 2.32. The van der Waals surface area contributed by atoms with Gasteiger partial charge in [-0.15, -0.1) is 0 Å². The van der Waals surface area contributed by atoms with E-state index in [1.807, 2.05) is 25.1 Å². The van der Waals surface area contributed by atoms with Gasteiger partial charge in [0.15, 0.2) is 0 Å². The summed E-state index contributed by atoms with van der Waals surface area (Å²) in [4.78, 5) is 13.4. The lowest BCUT2D eigenvalue weighted by atomic mass is 9.90. The molecule has 1 fully saturated rings. The van der Waals surface area contributed by atoms with E-state index < -0.39 is 15.6 Å². The molecule has 0 aliphatic carbocycles. The van der Waals surface area contributed by atoms with E-state index in [0.29, 0.717) is 49.2 Å². The number of phenolic OH excluding ortho intramolecular Hbond substituents is 1. The van der Waals surface area contributed by atoms with Gasteiger partial charge < -0.3 is 15.2 Å². The van der Waals surface area contributed by atoms with E-state index in [0.717, 1.165) is 37.7 Å². The molecule has 1 saturated heterocycles. The van der Waals surface area contributed by atoms with Crippen LogP contribution in [0.15, 0.2) is 23.8 Å². The monoisotopic (exact) mass is 518 g/mol. The van der Waals surface area contributed by atoms with Crippen LogP contribution in [-0.2, 0) is 16.4 Å². The Morgan fingerprint density at radius 3 is 2.58 bits per heavy atom. The first-order valence-electron chi connectivity index (χ1n) is 13.1. The number of rotatable bonds is 10. The summed E-state index contributed by atoms with van der Waals surface area (Å²) < 4.78 is 31.4. The number of sulfonamides is 1. The third-order valence-electron chi connectivity index (χ3n) is 7.06. The van der Waals surface area contributed by atoms with Crippen molar-refractivity contribution < 1.29 is 23.1 Å². The number of hydrogen-bond acceptors (Lipinski definition) is 5. The Hall–Kier alpha value is -2.32. The van der Waals surface area contributed by atoms with Crippen LogP contribution in [0.4, 0.5) is 0 Å². The van der Waals surface area contributed by atoms with Crippen LogP contribution in [0, 0.1) is 0 Å². The summed E-state index contributed by atoms with van der Waals surface area (Å²) in [5.41, 5.74) is 2.41. The molecule has 1 aromatic rings. The molecule has 0 bridgehead atoms. The number of aryl methyl sites for hydroxylation is 1. The lowest BCUT2D eigenvalue weighted by molar-refractivity contribution is 0.0919. The Kier molecular flexibility index (Phi) is 9.28. The molecule has 1 amide bonds. The van der Waals surface area contributed by atoms with Gasteiger partial charge in [0.2, 0.25) is 10.0 Å². The molecule has 200 valence electrons. The maximum absolute atomic E-state index is 13.4. The van der Waals surface area contributed by atoms with Crippen molar-refractivity contribution in [3.05, 3.63) is 40.5 Å². The second-order valence-corrected chi connectivity index (χ2v) is 12.6. The van der Waals surface area contributed by atoms with Crippen LogP contribution in [0.3, 0.4) is 0 Å². The molecule has 36 heavy (non-hydrogen) atoms. The SMILES string of the molecule is CCCCCc1cc2c(c(O)c1C(=O)NC1CCN(S(C)(=O)=O)CC1)C=CC(C)(CCC=C(C)C)O2. The van der Waals surface area contributed by atoms with Crippen molar-refractivity contribution in [3.8, 4) is 11.5 Å². The minimum absolute atomic E-state index is 0.0485. The number of benzene rings is 1. The van der Waals surface area contributed by atoms with E-state index in [-0.39, 0.29) is 17.7 Å². The number of allylic oxidation sites excluding steroid dienone is 2. The number of nitrogens with one attached hydrogen (secondary N) is 1. The molecular formula is C28H42N2O5S. The first-order chi connectivity index (χ1) is 16.9. The maximum atomic E-state index is 13.4. The van der Waals surface area contributed by atoms with Gasteiger partial charge >= 0.3 is 0 Å². The normalized spacial score (nSPS) is 20.5. The molecule has 2 heterocycles. The number of unbranched alkanes of at least 4 members (excludes halogenated alkanes) is 2. The van der Waals surface area contributed by atoms with Crippen LogP contribution in [0.5, 0.6) is 11.5 Å². The van der Waals surface area contributed by atoms with Crippen molar-refractivity contribution in [2.45, 2.75) is 90.7 Å². The number of ether oxygens (including phenoxy) is 1. The lowest BCUT2D eigenvalue weighted by Crippen LogP contribution is -2.46. The second kappa shape index (κ2) is 11.8. The number of nitrogens with zero attached hydrogens (tertiary/aromatic N) is 1.